The second kappa shape index (κ2) is 8.63. The molecule has 1 rings (SSSR count). The fourth-order valence-corrected chi connectivity index (χ4v) is 2.71. The highest BCUT2D eigenvalue weighted by Crippen LogP contribution is 2.27. The zero-order valence-corrected chi connectivity index (χ0v) is 13.0. The number of nitrogens with zero attached hydrogens (tertiary/aromatic N) is 2. The highest BCUT2D eigenvalue weighted by Gasteiger charge is 2.33. The molecule has 0 radical (unpaired) electrons. The van der Waals surface area contributed by atoms with Crippen molar-refractivity contribution in [2.45, 2.75) is 51.0 Å². The molecule has 0 heterocycles. The number of hydrogen-bond donors (Lipinski definition) is 1. The van der Waals surface area contributed by atoms with E-state index in [9.17, 15) is 14.9 Å². The lowest BCUT2D eigenvalue weighted by atomic mass is 9.83. The Morgan fingerprint density at radius 2 is 1.95 bits per heavy atom. The minimum atomic E-state index is -0.724. The minimum absolute atomic E-state index is 0.0946. The maximum absolute atomic E-state index is 12.2. The fourth-order valence-electron chi connectivity index (χ4n) is 2.71. The van der Waals surface area contributed by atoms with Gasteiger partial charge < -0.3 is 10.1 Å². The Morgan fingerprint density at radius 1 is 1.29 bits per heavy atom. The molecule has 0 aromatic carbocycles. The molecule has 0 saturated heterocycles. The van der Waals surface area contributed by atoms with Crippen molar-refractivity contribution in [2.75, 3.05) is 26.7 Å². The lowest BCUT2D eigenvalue weighted by molar-refractivity contribution is -0.142. The quantitative estimate of drug-likeness (QED) is 0.714. The van der Waals surface area contributed by atoms with Gasteiger partial charge in [-0.3, -0.25) is 14.5 Å². The first-order chi connectivity index (χ1) is 10.0. The molecule has 0 aromatic rings. The number of carbonyl (C=O) groups excluding carboxylic acids is 2. The van der Waals surface area contributed by atoms with Crippen molar-refractivity contribution < 1.29 is 14.3 Å². The van der Waals surface area contributed by atoms with Crippen molar-refractivity contribution in [3.05, 3.63) is 0 Å². The van der Waals surface area contributed by atoms with E-state index in [1.54, 1.807) is 4.90 Å². The molecule has 0 bridgehead atoms. The molecule has 1 fully saturated rings. The van der Waals surface area contributed by atoms with Crippen molar-refractivity contribution in [3.8, 4) is 6.07 Å². The van der Waals surface area contributed by atoms with E-state index in [1.165, 1.54) is 7.11 Å². The topological polar surface area (TPSA) is 82.4 Å². The van der Waals surface area contributed by atoms with Gasteiger partial charge >= 0.3 is 5.97 Å². The molecule has 1 N–H and O–H groups in total. The summed E-state index contributed by atoms with van der Waals surface area (Å²) >= 11 is 0. The van der Waals surface area contributed by atoms with Gasteiger partial charge in [-0.2, -0.15) is 5.26 Å². The Kier molecular flexibility index (Phi) is 7.17. The van der Waals surface area contributed by atoms with Gasteiger partial charge in [0.2, 0.25) is 5.91 Å². The van der Waals surface area contributed by atoms with Gasteiger partial charge in [-0.15, -0.1) is 0 Å². The molecule has 1 aliphatic carbocycles. The Balaban J connectivity index is 2.56. The molecular formula is C15H25N3O3. The summed E-state index contributed by atoms with van der Waals surface area (Å²) in [7, 11) is 1.33. The second-order valence-electron chi connectivity index (χ2n) is 5.59. The molecule has 0 atom stereocenters. The van der Waals surface area contributed by atoms with Crippen LogP contribution in [0.4, 0.5) is 0 Å². The number of nitriles is 1. The summed E-state index contributed by atoms with van der Waals surface area (Å²) in [4.78, 5) is 25.3. The monoisotopic (exact) mass is 295 g/mol. The van der Waals surface area contributed by atoms with Gasteiger partial charge in [0.25, 0.3) is 0 Å². The van der Waals surface area contributed by atoms with Crippen molar-refractivity contribution in [3.63, 3.8) is 0 Å². The van der Waals surface area contributed by atoms with E-state index in [2.05, 4.69) is 16.1 Å². The van der Waals surface area contributed by atoms with Gasteiger partial charge in [-0.25, -0.2) is 0 Å². The molecule has 6 nitrogen and oxygen atoms in total. The third-order valence-electron chi connectivity index (χ3n) is 3.79. The highest BCUT2D eigenvalue weighted by molar-refractivity contribution is 5.80. The minimum Gasteiger partial charge on any atom is -0.468 e. The van der Waals surface area contributed by atoms with Gasteiger partial charge in [0.05, 0.1) is 26.3 Å². The maximum atomic E-state index is 12.2. The maximum Gasteiger partial charge on any atom is 0.319 e. The van der Waals surface area contributed by atoms with Crippen LogP contribution in [0.1, 0.15) is 45.4 Å². The van der Waals surface area contributed by atoms with E-state index in [-0.39, 0.29) is 25.0 Å². The first-order valence-corrected chi connectivity index (χ1v) is 7.56. The van der Waals surface area contributed by atoms with E-state index in [0.717, 1.165) is 25.7 Å². The Labute approximate surface area is 126 Å². The third-order valence-corrected chi connectivity index (χ3v) is 3.79. The SMILES string of the molecule is CCCN(CC(=O)NC1(C#N)CCCCC1)CC(=O)OC. The van der Waals surface area contributed by atoms with Gasteiger partial charge in [-0.05, 0) is 25.8 Å². The summed E-state index contributed by atoms with van der Waals surface area (Å²) in [6.07, 6.45) is 5.31. The van der Waals surface area contributed by atoms with Gasteiger partial charge in [0.15, 0.2) is 0 Å². The standard InChI is InChI=1S/C15H25N3O3/c1-3-9-18(11-14(20)21-2)10-13(19)17-15(12-16)7-5-4-6-8-15/h3-11H2,1-2H3,(H,17,19). The largest absolute Gasteiger partial charge is 0.468 e. The lowest BCUT2D eigenvalue weighted by Crippen LogP contribution is -2.52. The van der Waals surface area contributed by atoms with Crippen LogP contribution >= 0.6 is 0 Å². The predicted molar refractivity (Wildman–Crippen MR) is 78.3 cm³/mol. The molecule has 21 heavy (non-hydrogen) atoms. The van der Waals surface area contributed by atoms with Crippen LogP contribution in [0.5, 0.6) is 0 Å². The summed E-state index contributed by atoms with van der Waals surface area (Å²) in [6.45, 7) is 2.84. The van der Waals surface area contributed by atoms with Crippen molar-refractivity contribution in [1.29, 1.82) is 5.26 Å². The average Bonchev–Trinajstić information content (AvgIpc) is 2.48. The number of carbonyl (C=O) groups is 2. The Hall–Kier alpha value is -1.61. The Bertz CT molecular complexity index is 397. The van der Waals surface area contributed by atoms with E-state index >= 15 is 0 Å². The molecule has 1 amide bonds. The van der Waals surface area contributed by atoms with Crippen molar-refractivity contribution >= 4 is 11.9 Å². The summed E-state index contributed by atoms with van der Waals surface area (Å²) < 4.78 is 4.63. The van der Waals surface area contributed by atoms with Gasteiger partial charge in [-0.1, -0.05) is 26.2 Å². The molecule has 0 aliphatic heterocycles. The first kappa shape index (κ1) is 17.4. The Morgan fingerprint density at radius 3 is 2.48 bits per heavy atom. The van der Waals surface area contributed by atoms with Crippen LogP contribution in [0, 0.1) is 11.3 Å². The van der Waals surface area contributed by atoms with Crippen molar-refractivity contribution in [1.82, 2.24) is 10.2 Å². The van der Waals surface area contributed by atoms with Crippen LogP contribution in [-0.2, 0) is 14.3 Å². The normalized spacial score (nSPS) is 17.0. The van der Waals surface area contributed by atoms with Gasteiger partial charge in [0, 0.05) is 0 Å². The number of ether oxygens (including phenoxy) is 1. The number of nitrogens with one attached hydrogen (secondary N) is 1. The third kappa shape index (κ3) is 5.72. The molecule has 6 heteroatoms. The first-order valence-electron chi connectivity index (χ1n) is 7.56. The molecule has 0 spiro atoms. The summed E-state index contributed by atoms with van der Waals surface area (Å²) in [5.41, 5.74) is -0.724. The van der Waals surface area contributed by atoms with E-state index in [1.807, 2.05) is 6.92 Å². The molecule has 118 valence electrons. The van der Waals surface area contributed by atoms with Crippen LogP contribution in [0.15, 0.2) is 0 Å². The van der Waals surface area contributed by atoms with Crippen LogP contribution in [0.2, 0.25) is 0 Å². The number of esters is 1. The average molecular weight is 295 g/mol. The molecule has 0 unspecified atom stereocenters. The predicted octanol–water partition coefficient (Wildman–Crippen LogP) is 1.21. The molecular weight excluding hydrogens is 270 g/mol. The van der Waals surface area contributed by atoms with Crippen LogP contribution in [0.25, 0.3) is 0 Å². The highest BCUT2D eigenvalue weighted by atomic mass is 16.5. The zero-order chi connectivity index (χ0) is 15.7. The van der Waals surface area contributed by atoms with Crippen LogP contribution in [-0.4, -0.2) is 49.1 Å². The summed E-state index contributed by atoms with van der Waals surface area (Å²) in [5.74, 6) is -0.556. The summed E-state index contributed by atoms with van der Waals surface area (Å²) in [5, 5.41) is 12.2. The number of amides is 1. The smallest absolute Gasteiger partial charge is 0.319 e. The van der Waals surface area contributed by atoms with Crippen molar-refractivity contribution in [2.24, 2.45) is 0 Å². The number of hydrogen-bond acceptors (Lipinski definition) is 5. The summed E-state index contributed by atoms with van der Waals surface area (Å²) in [6, 6.07) is 2.26. The van der Waals surface area contributed by atoms with E-state index < -0.39 is 5.54 Å². The zero-order valence-electron chi connectivity index (χ0n) is 13.0. The second-order valence-corrected chi connectivity index (χ2v) is 5.59. The van der Waals surface area contributed by atoms with Crippen LogP contribution in [0.3, 0.4) is 0 Å². The van der Waals surface area contributed by atoms with Crippen LogP contribution < -0.4 is 5.32 Å². The molecule has 1 saturated carbocycles. The molecule has 0 aromatic heterocycles. The van der Waals surface area contributed by atoms with E-state index in [4.69, 9.17) is 0 Å². The number of rotatable bonds is 7. The number of methoxy groups -OCH3 is 1. The molecule has 1 aliphatic rings. The lowest BCUT2D eigenvalue weighted by Gasteiger charge is -2.32. The fraction of sp³-hybridized carbons (Fsp3) is 0.800. The van der Waals surface area contributed by atoms with Gasteiger partial charge in [0.1, 0.15) is 5.54 Å². The van der Waals surface area contributed by atoms with E-state index in [0.29, 0.717) is 19.4 Å².